The number of hydrogen-bond acceptors (Lipinski definition) is 4. The quantitative estimate of drug-likeness (QED) is 0.570. The summed E-state index contributed by atoms with van der Waals surface area (Å²) in [5.74, 6) is 0.399. The van der Waals surface area contributed by atoms with E-state index < -0.39 is 6.36 Å². The monoisotopic (exact) mass is 504 g/mol. The van der Waals surface area contributed by atoms with Crippen LogP contribution in [-0.4, -0.2) is 67.5 Å². The molecule has 2 amide bonds. The lowest BCUT2D eigenvalue weighted by Crippen LogP contribution is -2.56. The molecule has 2 aliphatic heterocycles. The molecule has 2 aromatic carbocycles. The van der Waals surface area contributed by atoms with E-state index in [1.54, 1.807) is 12.1 Å². The molecule has 0 unspecified atom stereocenters. The summed E-state index contributed by atoms with van der Waals surface area (Å²) >= 11 is 0. The molecule has 0 spiro atoms. The highest BCUT2D eigenvalue weighted by atomic mass is 19.4. The summed E-state index contributed by atoms with van der Waals surface area (Å²) in [6.45, 7) is 7.63. The molecule has 1 N–H and O–H groups in total. The number of piperazine rings is 1. The lowest BCUT2D eigenvalue weighted by atomic mass is 9.93. The molecule has 2 aromatic rings. The zero-order chi connectivity index (χ0) is 25.5. The van der Waals surface area contributed by atoms with Gasteiger partial charge < -0.3 is 19.9 Å². The number of amides is 2. The lowest BCUT2D eigenvalue weighted by molar-refractivity contribution is -0.274. The van der Waals surface area contributed by atoms with Gasteiger partial charge in [-0.1, -0.05) is 30.3 Å². The number of likely N-dealkylation sites (tertiary alicyclic amines) is 1. The Hall–Kier alpha value is -2.94. The van der Waals surface area contributed by atoms with Gasteiger partial charge in [0.2, 0.25) is 0 Å². The Morgan fingerprint density at radius 2 is 1.69 bits per heavy atom. The van der Waals surface area contributed by atoms with Crippen LogP contribution in [0.1, 0.15) is 31.7 Å². The van der Waals surface area contributed by atoms with Gasteiger partial charge in [0.1, 0.15) is 5.75 Å². The highest BCUT2D eigenvalue weighted by Gasteiger charge is 2.31. The number of anilines is 1. The Kier molecular flexibility index (Phi) is 8.61. The number of nitrogens with zero attached hydrogens (tertiary/aromatic N) is 3. The fourth-order valence-electron chi connectivity index (χ4n) is 5.13. The summed E-state index contributed by atoms with van der Waals surface area (Å²) in [6.07, 6.45) is -1.39. The third-order valence-corrected chi connectivity index (χ3v) is 7.10. The van der Waals surface area contributed by atoms with Crippen molar-refractivity contribution < 1.29 is 22.7 Å². The van der Waals surface area contributed by atoms with Gasteiger partial charge in [-0.25, -0.2) is 4.79 Å². The van der Waals surface area contributed by atoms with E-state index in [1.165, 1.54) is 17.7 Å². The standard InChI is InChI=1S/C27H35F3N4O2/c1-21-19-33(17-18-34(21)24-7-9-25(10-8-24)36-27(28,29)30)26(35)31-14-11-22-12-15-32(16-13-22)20-23-5-3-2-4-6-23/h2-10,21-22H,11-20H2,1H3,(H,31,35)/t21-/m1/s1. The van der Waals surface area contributed by atoms with Crippen LogP contribution in [-0.2, 0) is 6.54 Å². The van der Waals surface area contributed by atoms with Crippen molar-refractivity contribution in [1.82, 2.24) is 15.1 Å². The first kappa shape index (κ1) is 26.1. The van der Waals surface area contributed by atoms with E-state index in [4.69, 9.17) is 0 Å². The largest absolute Gasteiger partial charge is 0.573 e. The second-order valence-corrected chi connectivity index (χ2v) is 9.76. The van der Waals surface area contributed by atoms with Gasteiger partial charge in [-0.2, -0.15) is 0 Å². The van der Waals surface area contributed by atoms with Crippen molar-refractivity contribution in [3.05, 3.63) is 60.2 Å². The van der Waals surface area contributed by atoms with E-state index in [0.717, 1.165) is 44.6 Å². The zero-order valence-corrected chi connectivity index (χ0v) is 20.7. The van der Waals surface area contributed by atoms with Crippen molar-refractivity contribution in [2.45, 2.75) is 45.1 Å². The van der Waals surface area contributed by atoms with Crippen LogP contribution < -0.4 is 15.0 Å². The van der Waals surface area contributed by atoms with Gasteiger partial charge in [-0.3, -0.25) is 4.90 Å². The van der Waals surface area contributed by atoms with Gasteiger partial charge in [0.05, 0.1) is 0 Å². The zero-order valence-electron chi connectivity index (χ0n) is 20.7. The minimum Gasteiger partial charge on any atom is -0.406 e. The average molecular weight is 505 g/mol. The summed E-state index contributed by atoms with van der Waals surface area (Å²) in [5, 5.41) is 3.09. The molecular formula is C27H35F3N4O2. The normalized spacial score (nSPS) is 19.8. The Bertz CT molecular complexity index is 963. The van der Waals surface area contributed by atoms with Crippen LogP contribution in [0.4, 0.5) is 23.7 Å². The molecule has 6 nitrogen and oxygen atoms in total. The van der Waals surface area contributed by atoms with Crippen molar-refractivity contribution in [3.8, 4) is 5.75 Å². The number of ether oxygens (including phenoxy) is 1. The summed E-state index contributed by atoms with van der Waals surface area (Å²) in [7, 11) is 0. The maximum Gasteiger partial charge on any atom is 0.573 e. The number of rotatable bonds is 7. The molecule has 2 fully saturated rings. The summed E-state index contributed by atoms with van der Waals surface area (Å²) < 4.78 is 41.1. The maximum atomic E-state index is 12.7. The van der Waals surface area contributed by atoms with E-state index in [-0.39, 0.29) is 17.8 Å². The van der Waals surface area contributed by atoms with Gasteiger partial charge in [0.15, 0.2) is 0 Å². The second-order valence-electron chi connectivity index (χ2n) is 9.76. The molecule has 36 heavy (non-hydrogen) atoms. The van der Waals surface area contributed by atoms with Gasteiger partial charge in [-0.15, -0.1) is 13.2 Å². The predicted octanol–water partition coefficient (Wildman–Crippen LogP) is 5.11. The van der Waals surface area contributed by atoms with Crippen LogP contribution in [0, 0.1) is 5.92 Å². The number of alkyl halides is 3. The number of nitrogens with one attached hydrogen (secondary N) is 1. The Labute approximate surface area is 211 Å². The lowest BCUT2D eigenvalue weighted by Gasteiger charge is -2.41. The van der Waals surface area contributed by atoms with Crippen molar-refractivity contribution >= 4 is 11.7 Å². The van der Waals surface area contributed by atoms with Crippen LogP contribution in [0.25, 0.3) is 0 Å². The van der Waals surface area contributed by atoms with Crippen molar-refractivity contribution in [2.75, 3.05) is 44.2 Å². The highest BCUT2D eigenvalue weighted by Crippen LogP contribution is 2.27. The number of benzene rings is 2. The first-order chi connectivity index (χ1) is 17.3. The average Bonchev–Trinajstić information content (AvgIpc) is 2.85. The summed E-state index contributed by atoms with van der Waals surface area (Å²) in [5.41, 5.74) is 2.17. The summed E-state index contributed by atoms with van der Waals surface area (Å²) in [6, 6.07) is 16.4. The number of carbonyl (C=O) groups is 1. The molecule has 9 heteroatoms. The Morgan fingerprint density at radius 3 is 2.33 bits per heavy atom. The number of piperidine rings is 1. The van der Waals surface area contributed by atoms with Crippen LogP contribution in [0.3, 0.4) is 0 Å². The molecule has 0 aromatic heterocycles. The fraction of sp³-hybridized carbons (Fsp3) is 0.519. The predicted molar refractivity (Wildman–Crippen MR) is 134 cm³/mol. The molecule has 0 aliphatic carbocycles. The molecule has 2 saturated heterocycles. The van der Waals surface area contributed by atoms with Gasteiger partial charge in [-0.05, 0) is 75.0 Å². The van der Waals surface area contributed by atoms with E-state index in [9.17, 15) is 18.0 Å². The summed E-state index contributed by atoms with van der Waals surface area (Å²) in [4.78, 5) is 19.2. The second kappa shape index (κ2) is 11.9. The van der Waals surface area contributed by atoms with Gasteiger partial charge >= 0.3 is 12.4 Å². The molecular weight excluding hydrogens is 469 g/mol. The molecule has 196 valence electrons. The van der Waals surface area contributed by atoms with E-state index >= 15 is 0 Å². The van der Waals surface area contributed by atoms with Gasteiger partial charge in [0.25, 0.3) is 0 Å². The van der Waals surface area contributed by atoms with Crippen molar-refractivity contribution in [2.24, 2.45) is 5.92 Å². The fourth-order valence-corrected chi connectivity index (χ4v) is 5.13. The molecule has 1 atom stereocenters. The Balaban J connectivity index is 1.15. The third kappa shape index (κ3) is 7.53. The van der Waals surface area contributed by atoms with Crippen LogP contribution in [0.2, 0.25) is 0 Å². The van der Waals surface area contributed by atoms with Crippen molar-refractivity contribution in [3.63, 3.8) is 0 Å². The van der Waals surface area contributed by atoms with Crippen molar-refractivity contribution in [1.29, 1.82) is 0 Å². The third-order valence-electron chi connectivity index (χ3n) is 7.10. The molecule has 0 saturated carbocycles. The minimum absolute atomic E-state index is 0.0445. The molecule has 2 heterocycles. The topological polar surface area (TPSA) is 48.1 Å². The molecule has 0 bridgehead atoms. The number of urea groups is 1. The minimum atomic E-state index is -4.70. The number of halogens is 3. The molecule has 0 radical (unpaired) electrons. The first-order valence-corrected chi connectivity index (χ1v) is 12.7. The van der Waals surface area contributed by atoms with Crippen LogP contribution >= 0.6 is 0 Å². The molecule has 2 aliphatic rings. The smallest absolute Gasteiger partial charge is 0.406 e. The maximum absolute atomic E-state index is 12.7. The Morgan fingerprint density at radius 1 is 1.00 bits per heavy atom. The number of carbonyl (C=O) groups excluding carboxylic acids is 1. The van der Waals surface area contributed by atoms with Gasteiger partial charge in [0, 0.05) is 44.5 Å². The highest BCUT2D eigenvalue weighted by molar-refractivity contribution is 5.74. The first-order valence-electron chi connectivity index (χ1n) is 12.7. The van der Waals surface area contributed by atoms with E-state index in [0.29, 0.717) is 32.1 Å². The van der Waals surface area contributed by atoms with Crippen LogP contribution in [0.15, 0.2) is 54.6 Å². The SMILES string of the molecule is C[C@@H]1CN(C(=O)NCCC2CCN(Cc3ccccc3)CC2)CCN1c1ccc(OC(F)(F)F)cc1. The van der Waals surface area contributed by atoms with Crippen LogP contribution in [0.5, 0.6) is 5.75 Å². The van der Waals surface area contributed by atoms with E-state index in [1.807, 2.05) is 17.9 Å². The van der Waals surface area contributed by atoms with E-state index in [2.05, 4.69) is 44.1 Å². The molecule has 4 rings (SSSR count). The number of hydrogen-bond donors (Lipinski definition) is 1.